The van der Waals surface area contributed by atoms with E-state index in [9.17, 15) is 9.90 Å². The van der Waals surface area contributed by atoms with Crippen LogP contribution in [0.15, 0.2) is 66.8 Å². The van der Waals surface area contributed by atoms with Crippen LogP contribution in [-0.4, -0.2) is 17.7 Å². The molecule has 20 heavy (non-hydrogen) atoms. The third kappa shape index (κ3) is 6.71. The Bertz CT molecular complexity index is 472. The van der Waals surface area contributed by atoms with Crippen LogP contribution in [0, 0.1) is 0 Å². The molecule has 1 rings (SSSR count). The number of ether oxygens (including phenoxy) is 1. The van der Waals surface area contributed by atoms with Crippen molar-refractivity contribution in [3.05, 3.63) is 72.4 Å². The monoisotopic (exact) mass is 272 g/mol. The molecule has 0 aliphatic carbocycles. The number of allylic oxidation sites excluding steroid dienone is 4. The van der Waals surface area contributed by atoms with E-state index in [2.05, 4.69) is 0 Å². The van der Waals surface area contributed by atoms with Gasteiger partial charge in [-0.05, 0) is 18.9 Å². The van der Waals surface area contributed by atoms with Crippen LogP contribution >= 0.6 is 0 Å². The summed E-state index contributed by atoms with van der Waals surface area (Å²) in [5.41, 5.74) is 0.906. The lowest BCUT2D eigenvalue weighted by molar-refractivity contribution is -0.137. The summed E-state index contributed by atoms with van der Waals surface area (Å²) in [6.45, 7) is 2.15. The van der Waals surface area contributed by atoms with Crippen LogP contribution in [0.4, 0.5) is 0 Å². The summed E-state index contributed by atoms with van der Waals surface area (Å²) in [5.74, 6) is -0.347. The molecular weight excluding hydrogens is 252 g/mol. The number of rotatable bonds is 7. The number of carbonyl (C=O) groups excluding carboxylic acids is 1. The summed E-state index contributed by atoms with van der Waals surface area (Å²) in [6, 6.07) is 9.53. The number of aliphatic hydroxyl groups excluding tert-OH is 1. The van der Waals surface area contributed by atoms with Gasteiger partial charge >= 0.3 is 5.97 Å². The third-order valence-corrected chi connectivity index (χ3v) is 2.53. The molecule has 0 aromatic heterocycles. The van der Waals surface area contributed by atoms with E-state index < -0.39 is 6.10 Å². The van der Waals surface area contributed by atoms with Crippen molar-refractivity contribution in [2.24, 2.45) is 0 Å². The Labute approximate surface area is 119 Å². The predicted octanol–water partition coefficient (Wildman–Crippen LogP) is 3.34. The summed E-state index contributed by atoms with van der Waals surface area (Å²) in [5, 5.41) is 9.90. The molecule has 0 aliphatic heterocycles. The van der Waals surface area contributed by atoms with Gasteiger partial charge in [0.1, 0.15) is 0 Å². The Morgan fingerprint density at radius 1 is 1.20 bits per heavy atom. The van der Waals surface area contributed by atoms with Crippen LogP contribution in [0.2, 0.25) is 0 Å². The first-order valence-electron chi connectivity index (χ1n) is 6.63. The molecule has 3 heteroatoms. The van der Waals surface area contributed by atoms with Crippen LogP contribution in [0.25, 0.3) is 0 Å². The smallest absolute Gasteiger partial charge is 0.330 e. The summed E-state index contributed by atoms with van der Waals surface area (Å²) in [6.07, 6.45) is 10.3. The van der Waals surface area contributed by atoms with E-state index in [0.29, 0.717) is 13.0 Å². The van der Waals surface area contributed by atoms with E-state index in [1.165, 1.54) is 6.08 Å². The van der Waals surface area contributed by atoms with Gasteiger partial charge in [-0.15, -0.1) is 0 Å². The van der Waals surface area contributed by atoms with E-state index in [4.69, 9.17) is 4.74 Å². The maximum absolute atomic E-state index is 11.0. The Morgan fingerprint density at radius 2 is 1.90 bits per heavy atom. The van der Waals surface area contributed by atoms with Crippen LogP contribution in [-0.2, 0) is 9.53 Å². The van der Waals surface area contributed by atoms with Gasteiger partial charge in [0.2, 0.25) is 0 Å². The molecule has 0 saturated carbocycles. The molecule has 1 N–H and O–H groups in total. The van der Waals surface area contributed by atoms with E-state index in [0.717, 1.165) is 5.56 Å². The first-order chi connectivity index (χ1) is 9.74. The average molecular weight is 272 g/mol. The number of esters is 1. The fraction of sp³-hybridized carbons (Fsp3) is 0.235. The topological polar surface area (TPSA) is 46.5 Å². The van der Waals surface area contributed by atoms with Gasteiger partial charge in [-0.2, -0.15) is 0 Å². The second kappa shape index (κ2) is 9.75. The summed E-state index contributed by atoms with van der Waals surface area (Å²) < 4.78 is 4.74. The highest BCUT2D eigenvalue weighted by Gasteiger charge is 2.02. The fourth-order valence-electron chi connectivity index (χ4n) is 1.55. The Hall–Kier alpha value is -2.13. The zero-order valence-electron chi connectivity index (χ0n) is 11.6. The Balaban J connectivity index is 2.30. The summed E-state index contributed by atoms with van der Waals surface area (Å²) in [4.78, 5) is 11.0. The van der Waals surface area contributed by atoms with Gasteiger partial charge in [0.25, 0.3) is 0 Å². The van der Waals surface area contributed by atoms with Gasteiger partial charge < -0.3 is 9.84 Å². The highest BCUT2D eigenvalue weighted by atomic mass is 16.5. The first kappa shape index (κ1) is 15.9. The highest BCUT2D eigenvalue weighted by molar-refractivity contribution is 5.82. The molecule has 0 spiro atoms. The van der Waals surface area contributed by atoms with Gasteiger partial charge in [-0.1, -0.05) is 60.7 Å². The van der Waals surface area contributed by atoms with Crippen molar-refractivity contribution < 1.29 is 14.6 Å². The van der Waals surface area contributed by atoms with Crippen molar-refractivity contribution in [1.29, 1.82) is 0 Å². The second-order valence-electron chi connectivity index (χ2n) is 4.09. The largest absolute Gasteiger partial charge is 0.463 e. The minimum absolute atomic E-state index is 0.347. The minimum Gasteiger partial charge on any atom is -0.463 e. The predicted molar refractivity (Wildman–Crippen MR) is 80.1 cm³/mol. The number of carbonyl (C=O) groups is 1. The lowest BCUT2D eigenvalue weighted by Gasteiger charge is -2.06. The fourth-order valence-corrected chi connectivity index (χ4v) is 1.55. The van der Waals surface area contributed by atoms with Crippen LogP contribution in [0.5, 0.6) is 0 Å². The maximum Gasteiger partial charge on any atom is 0.330 e. The molecule has 0 aliphatic rings. The SMILES string of the molecule is CCOC(=O)\C=C/C=C/C=C/C[C@@H](O)c1ccccc1. The van der Waals surface area contributed by atoms with E-state index in [-0.39, 0.29) is 5.97 Å². The average Bonchev–Trinajstić information content (AvgIpc) is 2.47. The van der Waals surface area contributed by atoms with E-state index >= 15 is 0 Å². The molecule has 1 aromatic carbocycles. The highest BCUT2D eigenvalue weighted by Crippen LogP contribution is 2.15. The second-order valence-corrected chi connectivity index (χ2v) is 4.09. The first-order valence-corrected chi connectivity index (χ1v) is 6.63. The third-order valence-electron chi connectivity index (χ3n) is 2.53. The number of benzene rings is 1. The normalized spacial score (nSPS) is 13.3. The molecule has 106 valence electrons. The summed E-state index contributed by atoms with van der Waals surface area (Å²) in [7, 11) is 0. The van der Waals surface area contributed by atoms with Gasteiger partial charge in [0.05, 0.1) is 12.7 Å². The molecule has 0 fully saturated rings. The van der Waals surface area contributed by atoms with Crippen molar-refractivity contribution in [1.82, 2.24) is 0 Å². The lowest BCUT2D eigenvalue weighted by Crippen LogP contribution is -1.98. The minimum atomic E-state index is -0.490. The van der Waals surface area contributed by atoms with Crippen molar-refractivity contribution in [3.63, 3.8) is 0 Å². The van der Waals surface area contributed by atoms with Crippen LogP contribution < -0.4 is 0 Å². The lowest BCUT2D eigenvalue weighted by atomic mass is 10.1. The molecule has 0 bridgehead atoms. The Kier molecular flexibility index (Phi) is 7.77. The van der Waals surface area contributed by atoms with Crippen molar-refractivity contribution >= 4 is 5.97 Å². The molecule has 3 nitrogen and oxygen atoms in total. The standard InChI is InChI=1S/C17H20O3/c1-2-20-17(19)14-10-5-3-4-9-13-16(18)15-11-7-6-8-12-15/h3-12,14,16,18H,2,13H2,1H3/b5-3+,9-4+,14-10-/t16-/m1/s1. The quantitative estimate of drug-likeness (QED) is 0.470. The maximum atomic E-state index is 11.0. The van der Waals surface area contributed by atoms with Crippen LogP contribution in [0.1, 0.15) is 25.0 Å². The Morgan fingerprint density at radius 3 is 2.60 bits per heavy atom. The van der Waals surface area contributed by atoms with Gasteiger partial charge in [-0.3, -0.25) is 0 Å². The molecule has 1 atom stereocenters. The molecule has 0 radical (unpaired) electrons. The van der Waals surface area contributed by atoms with E-state index in [1.54, 1.807) is 25.2 Å². The molecule has 0 heterocycles. The molecule has 0 amide bonds. The summed E-state index contributed by atoms with van der Waals surface area (Å²) >= 11 is 0. The van der Waals surface area contributed by atoms with Gasteiger partial charge in [0, 0.05) is 6.08 Å². The van der Waals surface area contributed by atoms with Gasteiger partial charge in [-0.25, -0.2) is 4.79 Å². The number of aliphatic hydroxyl groups is 1. The molecule has 0 unspecified atom stereocenters. The molecule has 0 saturated heterocycles. The van der Waals surface area contributed by atoms with Crippen molar-refractivity contribution in [2.45, 2.75) is 19.4 Å². The number of hydrogen-bond donors (Lipinski definition) is 1. The zero-order valence-corrected chi connectivity index (χ0v) is 11.6. The molecular formula is C17H20O3. The van der Waals surface area contributed by atoms with Crippen molar-refractivity contribution in [3.8, 4) is 0 Å². The van der Waals surface area contributed by atoms with Gasteiger partial charge in [0.15, 0.2) is 0 Å². The van der Waals surface area contributed by atoms with Crippen molar-refractivity contribution in [2.75, 3.05) is 6.61 Å². The van der Waals surface area contributed by atoms with Crippen LogP contribution in [0.3, 0.4) is 0 Å². The molecule has 1 aromatic rings. The van der Waals surface area contributed by atoms with E-state index in [1.807, 2.05) is 42.5 Å². The zero-order chi connectivity index (χ0) is 14.6. The number of hydrogen-bond acceptors (Lipinski definition) is 3.